The van der Waals surface area contributed by atoms with E-state index in [-0.39, 0.29) is 0 Å². The van der Waals surface area contributed by atoms with Crippen LogP contribution in [0.15, 0.2) is 4.52 Å². The summed E-state index contributed by atoms with van der Waals surface area (Å²) in [6.07, 6.45) is 2.61. The minimum absolute atomic E-state index is 0.711. The molecule has 1 unspecified atom stereocenters. The summed E-state index contributed by atoms with van der Waals surface area (Å²) >= 11 is 0. The number of nitrogens with one attached hydrogen (secondary N) is 1. The minimum Gasteiger partial charge on any atom is -0.338 e. The third-order valence-electron chi connectivity index (χ3n) is 2.94. The lowest BCUT2D eigenvalue weighted by Gasteiger charge is -2.26. The average molecular weight is 224 g/mol. The van der Waals surface area contributed by atoms with Crippen LogP contribution in [0.5, 0.6) is 0 Å². The van der Waals surface area contributed by atoms with Gasteiger partial charge in [0.1, 0.15) is 0 Å². The molecule has 0 radical (unpaired) electrons. The summed E-state index contributed by atoms with van der Waals surface area (Å²) in [4.78, 5) is 6.46. The number of piperidine rings is 1. The zero-order chi connectivity index (χ0) is 11.4. The molecule has 0 aromatic carbocycles. The molecular formula is C11H20N4O. The van der Waals surface area contributed by atoms with Gasteiger partial charge < -0.3 is 9.84 Å². The second-order valence-electron chi connectivity index (χ2n) is 4.64. The fourth-order valence-corrected chi connectivity index (χ4v) is 2.22. The summed E-state index contributed by atoms with van der Waals surface area (Å²) in [6.45, 7) is 5.99. The molecule has 2 heterocycles. The molecule has 0 saturated carbocycles. The van der Waals surface area contributed by atoms with Gasteiger partial charge in [0.05, 0.1) is 6.54 Å². The van der Waals surface area contributed by atoms with Crippen LogP contribution >= 0.6 is 0 Å². The molecule has 0 spiro atoms. The van der Waals surface area contributed by atoms with Crippen LogP contribution < -0.4 is 5.32 Å². The molecule has 1 aromatic heterocycles. The van der Waals surface area contributed by atoms with E-state index in [9.17, 15) is 0 Å². The van der Waals surface area contributed by atoms with Gasteiger partial charge >= 0.3 is 0 Å². The Bertz CT molecular complexity index is 320. The Balaban J connectivity index is 1.77. The SMILES string of the molecule is Cc1noc(CN(C)CC2CCCNC2)n1. The van der Waals surface area contributed by atoms with Crippen LogP contribution in [0.2, 0.25) is 0 Å². The molecule has 0 amide bonds. The molecule has 1 aliphatic heterocycles. The van der Waals surface area contributed by atoms with Crippen LogP contribution in [0.25, 0.3) is 0 Å². The first kappa shape index (κ1) is 11.5. The summed E-state index contributed by atoms with van der Waals surface area (Å²) in [7, 11) is 2.11. The fraction of sp³-hybridized carbons (Fsp3) is 0.818. The van der Waals surface area contributed by atoms with Gasteiger partial charge in [-0.3, -0.25) is 4.90 Å². The summed E-state index contributed by atoms with van der Waals surface area (Å²) in [5.41, 5.74) is 0. The van der Waals surface area contributed by atoms with E-state index in [1.54, 1.807) is 0 Å². The fourth-order valence-electron chi connectivity index (χ4n) is 2.22. The molecule has 1 aliphatic rings. The topological polar surface area (TPSA) is 54.2 Å². The molecule has 90 valence electrons. The quantitative estimate of drug-likeness (QED) is 0.820. The van der Waals surface area contributed by atoms with Gasteiger partial charge in [-0.1, -0.05) is 5.16 Å². The molecule has 16 heavy (non-hydrogen) atoms. The van der Waals surface area contributed by atoms with Gasteiger partial charge in [0.2, 0.25) is 5.89 Å². The molecule has 1 aromatic rings. The first-order chi connectivity index (χ1) is 7.74. The van der Waals surface area contributed by atoms with Crippen molar-refractivity contribution in [2.45, 2.75) is 26.3 Å². The van der Waals surface area contributed by atoms with Gasteiger partial charge in [0, 0.05) is 6.54 Å². The normalized spacial score (nSPS) is 21.6. The van der Waals surface area contributed by atoms with Crippen molar-refractivity contribution in [1.29, 1.82) is 0 Å². The standard InChI is InChI=1S/C11H20N4O/c1-9-13-11(16-14-9)8-15(2)7-10-4-3-5-12-6-10/h10,12H,3-8H2,1-2H3. The van der Waals surface area contributed by atoms with Gasteiger partial charge in [0.25, 0.3) is 0 Å². The molecule has 5 heteroatoms. The van der Waals surface area contributed by atoms with Crippen LogP contribution in [-0.4, -0.2) is 41.7 Å². The Labute approximate surface area is 96.2 Å². The van der Waals surface area contributed by atoms with Gasteiger partial charge in [0.15, 0.2) is 5.82 Å². The third kappa shape index (κ3) is 3.28. The van der Waals surface area contributed by atoms with Crippen molar-refractivity contribution in [3.8, 4) is 0 Å². The van der Waals surface area contributed by atoms with E-state index in [0.717, 1.165) is 25.6 Å². The van der Waals surface area contributed by atoms with E-state index in [4.69, 9.17) is 4.52 Å². The van der Waals surface area contributed by atoms with E-state index in [0.29, 0.717) is 11.7 Å². The first-order valence-electron chi connectivity index (χ1n) is 5.92. The Morgan fingerprint density at radius 3 is 3.06 bits per heavy atom. The molecule has 0 bridgehead atoms. The summed E-state index contributed by atoms with van der Waals surface area (Å²) < 4.78 is 5.11. The molecule has 2 rings (SSSR count). The predicted octanol–water partition coefficient (Wildman–Crippen LogP) is 0.809. The van der Waals surface area contributed by atoms with Crippen molar-refractivity contribution >= 4 is 0 Å². The van der Waals surface area contributed by atoms with E-state index < -0.39 is 0 Å². The van der Waals surface area contributed by atoms with Gasteiger partial charge in [-0.25, -0.2) is 0 Å². The Hall–Kier alpha value is -0.940. The predicted molar refractivity (Wildman–Crippen MR) is 61.0 cm³/mol. The van der Waals surface area contributed by atoms with Crippen molar-refractivity contribution in [3.63, 3.8) is 0 Å². The monoisotopic (exact) mass is 224 g/mol. The zero-order valence-electron chi connectivity index (χ0n) is 10.1. The largest absolute Gasteiger partial charge is 0.338 e. The number of hydrogen-bond acceptors (Lipinski definition) is 5. The van der Waals surface area contributed by atoms with E-state index in [2.05, 4.69) is 27.4 Å². The second kappa shape index (κ2) is 5.41. The average Bonchev–Trinajstić information content (AvgIpc) is 2.65. The van der Waals surface area contributed by atoms with Crippen LogP contribution in [0.3, 0.4) is 0 Å². The molecular weight excluding hydrogens is 204 g/mol. The number of rotatable bonds is 4. The van der Waals surface area contributed by atoms with Crippen LogP contribution in [0.1, 0.15) is 24.6 Å². The van der Waals surface area contributed by atoms with Crippen molar-refractivity contribution < 1.29 is 4.52 Å². The smallest absolute Gasteiger partial charge is 0.240 e. The van der Waals surface area contributed by atoms with Crippen molar-refractivity contribution in [2.24, 2.45) is 5.92 Å². The maximum Gasteiger partial charge on any atom is 0.240 e. The Morgan fingerprint density at radius 1 is 1.56 bits per heavy atom. The number of aryl methyl sites for hydroxylation is 1. The summed E-state index contributed by atoms with van der Waals surface area (Å²) in [5.74, 6) is 2.18. The lowest BCUT2D eigenvalue weighted by molar-refractivity contribution is 0.213. The van der Waals surface area contributed by atoms with E-state index in [1.807, 2.05) is 6.92 Å². The van der Waals surface area contributed by atoms with Crippen molar-refractivity contribution in [1.82, 2.24) is 20.4 Å². The molecule has 1 N–H and O–H groups in total. The lowest BCUT2D eigenvalue weighted by atomic mass is 9.99. The molecule has 1 fully saturated rings. The van der Waals surface area contributed by atoms with E-state index in [1.165, 1.54) is 19.4 Å². The zero-order valence-corrected chi connectivity index (χ0v) is 10.1. The maximum atomic E-state index is 5.11. The van der Waals surface area contributed by atoms with E-state index >= 15 is 0 Å². The molecule has 1 saturated heterocycles. The van der Waals surface area contributed by atoms with Crippen LogP contribution in [-0.2, 0) is 6.54 Å². The third-order valence-corrected chi connectivity index (χ3v) is 2.94. The highest BCUT2D eigenvalue weighted by Crippen LogP contribution is 2.12. The highest BCUT2D eigenvalue weighted by Gasteiger charge is 2.16. The van der Waals surface area contributed by atoms with Gasteiger partial charge in [-0.15, -0.1) is 0 Å². The van der Waals surface area contributed by atoms with Crippen molar-refractivity contribution in [3.05, 3.63) is 11.7 Å². The van der Waals surface area contributed by atoms with Gasteiger partial charge in [-0.05, 0) is 45.8 Å². The first-order valence-corrected chi connectivity index (χ1v) is 5.92. The lowest BCUT2D eigenvalue weighted by Crippen LogP contribution is -2.36. The summed E-state index contributed by atoms with van der Waals surface area (Å²) in [6, 6.07) is 0. The Kier molecular flexibility index (Phi) is 3.90. The minimum atomic E-state index is 0.711. The number of aromatic nitrogens is 2. The Morgan fingerprint density at radius 2 is 2.44 bits per heavy atom. The highest BCUT2D eigenvalue weighted by molar-refractivity contribution is 4.83. The van der Waals surface area contributed by atoms with Crippen LogP contribution in [0.4, 0.5) is 0 Å². The second-order valence-corrected chi connectivity index (χ2v) is 4.64. The van der Waals surface area contributed by atoms with Crippen LogP contribution in [0, 0.1) is 12.8 Å². The molecule has 5 nitrogen and oxygen atoms in total. The molecule has 0 aliphatic carbocycles. The molecule has 1 atom stereocenters. The number of hydrogen-bond donors (Lipinski definition) is 1. The van der Waals surface area contributed by atoms with Crippen molar-refractivity contribution in [2.75, 3.05) is 26.7 Å². The summed E-state index contributed by atoms with van der Waals surface area (Å²) in [5, 5.41) is 7.22. The highest BCUT2D eigenvalue weighted by atomic mass is 16.5. The maximum absolute atomic E-state index is 5.11. The number of nitrogens with zero attached hydrogens (tertiary/aromatic N) is 3. The van der Waals surface area contributed by atoms with Gasteiger partial charge in [-0.2, -0.15) is 4.98 Å².